The van der Waals surface area contributed by atoms with Crippen molar-refractivity contribution < 1.29 is 4.79 Å². The quantitative estimate of drug-likeness (QED) is 0.544. The van der Waals surface area contributed by atoms with Crippen molar-refractivity contribution in [1.29, 1.82) is 0 Å². The van der Waals surface area contributed by atoms with Crippen LogP contribution in [0, 0.1) is 0 Å². The smallest absolute Gasteiger partial charge is 0.320 e. The first-order chi connectivity index (χ1) is 12.6. The molecule has 26 heavy (non-hydrogen) atoms. The number of anilines is 2. The Kier molecular flexibility index (Phi) is 7.13. The molecule has 0 bridgehead atoms. The minimum atomic E-state index is -0.318. The molecule has 0 radical (unpaired) electrons. The van der Waals surface area contributed by atoms with Gasteiger partial charge in [0.1, 0.15) is 5.82 Å². The molecule has 0 aliphatic heterocycles. The molecule has 1 unspecified atom stereocenters. The Labute approximate surface area is 153 Å². The molecule has 1 atom stereocenters. The minimum absolute atomic E-state index is 0.154. The average Bonchev–Trinajstić information content (AvgIpc) is 3.03. The summed E-state index contributed by atoms with van der Waals surface area (Å²) in [5, 5.41) is 16.9. The Morgan fingerprint density at radius 1 is 1.38 bits per heavy atom. The van der Waals surface area contributed by atoms with Gasteiger partial charge in [0.2, 0.25) is 0 Å². The molecular formula is C18H27N7O. The number of H-pyrrole nitrogens is 1. The highest BCUT2D eigenvalue weighted by Crippen LogP contribution is 2.21. The van der Waals surface area contributed by atoms with Gasteiger partial charge in [0.25, 0.3) is 0 Å². The number of aliphatic imine (C=N–C) groups is 1. The predicted octanol–water partition coefficient (Wildman–Crippen LogP) is 3.33. The van der Waals surface area contributed by atoms with Gasteiger partial charge in [-0.2, -0.15) is 5.10 Å². The summed E-state index contributed by atoms with van der Waals surface area (Å²) in [5.74, 6) is 1.21. The number of nitrogens with zero attached hydrogens (tertiary/aromatic N) is 3. The maximum Gasteiger partial charge on any atom is 0.320 e. The van der Waals surface area contributed by atoms with E-state index in [4.69, 9.17) is 0 Å². The summed E-state index contributed by atoms with van der Waals surface area (Å²) in [5.41, 5.74) is 1.65. The zero-order valence-electron chi connectivity index (χ0n) is 15.8. The van der Waals surface area contributed by atoms with Crippen LogP contribution in [-0.2, 0) is 0 Å². The molecular weight excluding hydrogens is 330 g/mol. The lowest BCUT2D eigenvalue weighted by atomic mass is 10.1. The van der Waals surface area contributed by atoms with E-state index in [0.29, 0.717) is 5.82 Å². The van der Waals surface area contributed by atoms with E-state index in [2.05, 4.69) is 43.0 Å². The third-order valence-corrected chi connectivity index (χ3v) is 3.89. The van der Waals surface area contributed by atoms with Gasteiger partial charge in [-0.1, -0.05) is 19.9 Å². The van der Waals surface area contributed by atoms with E-state index in [9.17, 15) is 4.79 Å². The average molecular weight is 357 g/mol. The fourth-order valence-electron chi connectivity index (χ4n) is 2.56. The Bertz CT molecular complexity index is 794. The molecule has 0 aromatic carbocycles. The van der Waals surface area contributed by atoms with E-state index < -0.39 is 0 Å². The lowest BCUT2D eigenvalue weighted by Crippen LogP contribution is -2.42. The van der Waals surface area contributed by atoms with Crippen LogP contribution in [0.25, 0.3) is 10.9 Å². The Morgan fingerprint density at radius 3 is 2.85 bits per heavy atom. The first-order valence-electron chi connectivity index (χ1n) is 8.91. The lowest BCUT2D eigenvalue weighted by Gasteiger charge is -2.17. The van der Waals surface area contributed by atoms with Crippen molar-refractivity contribution >= 4 is 34.3 Å². The first kappa shape index (κ1) is 19.4. The molecule has 8 heteroatoms. The van der Waals surface area contributed by atoms with E-state index in [1.165, 1.54) is 0 Å². The van der Waals surface area contributed by atoms with Crippen molar-refractivity contribution in [3.63, 3.8) is 0 Å². The number of urea groups is 1. The molecule has 2 amide bonds. The molecule has 2 heterocycles. The summed E-state index contributed by atoms with van der Waals surface area (Å²) < 4.78 is 0. The second kappa shape index (κ2) is 9.55. The first-order valence-corrected chi connectivity index (χ1v) is 8.91. The fraction of sp³-hybridized carbons (Fsp3) is 0.444. The zero-order chi connectivity index (χ0) is 18.9. The number of aromatic amines is 1. The molecule has 2 aromatic rings. The van der Waals surface area contributed by atoms with E-state index in [1.807, 2.05) is 26.0 Å². The van der Waals surface area contributed by atoms with Gasteiger partial charge in [0, 0.05) is 25.9 Å². The summed E-state index contributed by atoms with van der Waals surface area (Å²) in [6.45, 7) is 6.84. The van der Waals surface area contributed by atoms with Crippen LogP contribution in [0.15, 0.2) is 29.4 Å². The van der Waals surface area contributed by atoms with Crippen LogP contribution in [0.3, 0.4) is 0 Å². The van der Waals surface area contributed by atoms with Gasteiger partial charge in [-0.05, 0) is 25.8 Å². The number of allylic oxidation sites excluding steroid dienone is 1. The SMILES string of the molecule is CC/C=C\C(=NC)C(CC)NC(=O)Nc1cc2[nH]nc(NCC)c2cn1. The van der Waals surface area contributed by atoms with Crippen LogP contribution >= 0.6 is 0 Å². The zero-order valence-corrected chi connectivity index (χ0v) is 15.8. The highest BCUT2D eigenvalue weighted by atomic mass is 16.2. The van der Waals surface area contributed by atoms with Crippen molar-refractivity contribution in [2.45, 2.75) is 39.7 Å². The molecule has 0 saturated heterocycles. The summed E-state index contributed by atoms with van der Waals surface area (Å²) in [4.78, 5) is 20.9. The van der Waals surface area contributed by atoms with Crippen molar-refractivity contribution in [3.05, 3.63) is 24.4 Å². The van der Waals surface area contributed by atoms with Gasteiger partial charge in [-0.15, -0.1) is 0 Å². The molecule has 0 aliphatic rings. The maximum absolute atomic E-state index is 12.3. The summed E-state index contributed by atoms with van der Waals surface area (Å²) in [6, 6.07) is 1.29. The van der Waals surface area contributed by atoms with E-state index in [1.54, 1.807) is 19.3 Å². The third kappa shape index (κ3) is 4.81. The van der Waals surface area contributed by atoms with E-state index in [-0.39, 0.29) is 12.1 Å². The van der Waals surface area contributed by atoms with Crippen LogP contribution < -0.4 is 16.0 Å². The topological polar surface area (TPSA) is 107 Å². The summed E-state index contributed by atoms with van der Waals surface area (Å²) in [7, 11) is 1.73. The lowest BCUT2D eigenvalue weighted by molar-refractivity contribution is 0.250. The van der Waals surface area contributed by atoms with Gasteiger partial charge in [-0.25, -0.2) is 9.78 Å². The Balaban J connectivity index is 2.06. The normalized spacial score (nSPS) is 13.2. The second-order valence-electron chi connectivity index (χ2n) is 5.74. The standard InChI is InChI=1S/C18H27N7O/c1-5-8-9-14(19-4)13(6-2)22-18(26)23-16-10-15-12(11-21-16)17(20-7-3)25-24-15/h8-11,13H,5-7H2,1-4H3,(H2,20,24,25)(H2,21,22,23,26)/b9-8-,19-14?. The molecule has 2 rings (SSSR count). The number of hydrogen-bond donors (Lipinski definition) is 4. The second-order valence-corrected chi connectivity index (χ2v) is 5.74. The predicted molar refractivity (Wildman–Crippen MR) is 107 cm³/mol. The number of pyridine rings is 1. The largest absolute Gasteiger partial charge is 0.368 e. The van der Waals surface area contributed by atoms with E-state index in [0.717, 1.165) is 41.8 Å². The van der Waals surface area contributed by atoms with E-state index >= 15 is 0 Å². The highest BCUT2D eigenvalue weighted by molar-refractivity contribution is 6.02. The minimum Gasteiger partial charge on any atom is -0.368 e. The molecule has 8 nitrogen and oxygen atoms in total. The monoisotopic (exact) mass is 357 g/mol. The fourth-order valence-corrected chi connectivity index (χ4v) is 2.56. The summed E-state index contributed by atoms with van der Waals surface area (Å²) in [6.07, 6.45) is 7.33. The van der Waals surface area contributed by atoms with Crippen molar-refractivity contribution in [3.8, 4) is 0 Å². The molecule has 0 fully saturated rings. The van der Waals surface area contributed by atoms with Crippen LogP contribution in [0.5, 0.6) is 0 Å². The number of amides is 2. The van der Waals surface area contributed by atoms with Gasteiger partial charge in [0.05, 0.1) is 22.7 Å². The van der Waals surface area contributed by atoms with Gasteiger partial charge in [0.15, 0.2) is 5.82 Å². The molecule has 140 valence electrons. The number of aromatic nitrogens is 3. The number of carbonyl (C=O) groups is 1. The number of rotatable bonds is 8. The molecule has 0 aliphatic carbocycles. The number of nitrogens with one attached hydrogen (secondary N) is 4. The van der Waals surface area contributed by atoms with Crippen LogP contribution in [0.1, 0.15) is 33.6 Å². The number of fused-ring (bicyclic) bond motifs is 1. The molecule has 2 aromatic heterocycles. The van der Waals surface area contributed by atoms with Gasteiger partial charge >= 0.3 is 6.03 Å². The van der Waals surface area contributed by atoms with Crippen LogP contribution in [-0.4, -0.2) is 46.6 Å². The molecule has 0 saturated carbocycles. The van der Waals surface area contributed by atoms with Crippen LogP contribution in [0.2, 0.25) is 0 Å². The number of hydrogen-bond acceptors (Lipinski definition) is 5. The van der Waals surface area contributed by atoms with Crippen molar-refractivity contribution in [2.24, 2.45) is 4.99 Å². The van der Waals surface area contributed by atoms with Crippen molar-refractivity contribution in [1.82, 2.24) is 20.5 Å². The molecule has 0 spiro atoms. The molecule has 4 N–H and O–H groups in total. The van der Waals surface area contributed by atoms with Gasteiger partial charge < -0.3 is 10.6 Å². The maximum atomic E-state index is 12.3. The third-order valence-electron chi connectivity index (χ3n) is 3.89. The Hall–Kier alpha value is -2.90. The van der Waals surface area contributed by atoms with Gasteiger partial charge in [-0.3, -0.25) is 15.4 Å². The summed E-state index contributed by atoms with van der Waals surface area (Å²) >= 11 is 0. The number of carbonyl (C=O) groups excluding carboxylic acids is 1. The van der Waals surface area contributed by atoms with Crippen LogP contribution in [0.4, 0.5) is 16.4 Å². The highest BCUT2D eigenvalue weighted by Gasteiger charge is 2.15. The Morgan fingerprint density at radius 2 is 2.19 bits per heavy atom. The van der Waals surface area contributed by atoms with Crippen molar-refractivity contribution in [2.75, 3.05) is 24.2 Å².